The molecule has 5 rings (SSSR count). The van der Waals surface area contributed by atoms with Gasteiger partial charge in [-0.2, -0.15) is 5.10 Å². The molecule has 30 heavy (non-hydrogen) atoms. The molecular formula is C21H14N6O2S. The van der Waals surface area contributed by atoms with Crippen molar-refractivity contribution in [3.05, 3.63) is 84.4 Å². The molecule has 2 aromatic carbocycles. The van der Waals surface area contributed by atoms with Crippen LogP contribution in [0.4, 0.5) is 5.69 Å². The number of aromatic nitrogens is 5. The van der Waals surface area contributed by atoms with Crippen LogP contribution >= 0.6 is 11.3 Å². The lowest BCUT2D eigenvalue weighted by molar-refractivity contribution is 0.102. The Morgan fingerprint density at radius 1 is 1.03 bits per heavy atom. The number of para-hydroxylation sites is 1. The second kappa shape index (κ2) is 7.72. The maximum absolute atomic E-state index is 12.5. The summed E-state index contributed by atoms with van der Waals surface area (Å²) in [7, 11) is 0. The van der Waals surface area contributed by atoms with E-state index >= 15 is 0 Å². The van der Waals surface area contributed by atoms with Gasteiger partial charge in [-0.25, -0.2) is 19.6 Å². The minimum atomic E-state index is -0.246. The zero-order valence-corrected chi connectivity index (χ0v) is 16.3. The lowest BCUT2D eigenvalue weighted by Crippen LogP contribution is -2.11. The predicted molar refractivity (Wildman–Crippen MR) is 113 cm³/mol. The average molecular weight is 414 g/mol. The minimum Gasteiger partial charge on any atom is -0.439 e. The first kappa shape index (κ1) is 18.0. The van der Waals surface area contributed by atoms with Crippen LogP contribution in [0.2, 0.25) is 0 Å². The van der Waals surface area contributed by atoms with Crippen molar-refractivity contribution in [3.63, 3.8) is 0 Å². The van der Waals surface area contributed by atoms with Crippen LogP contribution < -0.4 is 10.1 Å². The van der Waals surface area contributed by atoms with Gasteiger partial charge in [-0.15, -0.1) is 11.3 Å². The maximum atomic E-state index is 12.5. The van der Waals surface area contributed by atoms with Crippen LogP contribution in [0.15, 0.2) is 79.4 Å². The molecule has 3 heterocycles. The molecule has 1 amide bonds. The normalized spacial score (nSPS) is 10.8. The highest BCUT2D eigenvalue weighted by atomic mass is 32.1. The molecule has 0 spiro atoms. The third-order valence-corrected chi connectivity index (χ3v) is 5.22. The quantitative estimate of drug-likeness (QED) is 0.460. The van der Waals surface area contributed by atoms with E-state index in [2.05, 4.69) is 25.4 Å². The lowest BCUT2D eigenvalue weighted by atomic mass is 10.3. The van der Waals surface area contributed by atoms with Crippen LogP contribution in [0.1, 0.15) is 9.80 Å². The molecule has 0 bridgehead atoms. The molecule has 0 unspecified atom stereocenters. The highest BCUT2D eigenvalue weighted by Crippen LogP contribution is 2.24. The molecule has 8 nitrogen and oxygen atoms in total. The first-order valence-electron chi connectivity index (χ1n) is 9.01. The molecule has 5 aromatic rings. The van der Waals surface area contributed by atoms with Crippen LogP contribution in [0, 0.1) is 0 Å². The van der Waals surface area contributed by atoms with E-state index in [1.807, 2.05) is 30.3 Å². The number of nitrogens with zero attached hydrogens (tertiary/aromatic N) is 5. The number of benzene rings is 2. The average Bonchev–Trinajstić information content (AvgIpc) is 3.45. The molecule has 1 N–H and O–H groups in total. The molecule has 0 fully saturated rings. The number of amides is 1. The zero-order chi connectivity index (χ0) is 20.3. The highest BCUT2D eigenvalue weighted by molar-refractivity contribution is 7.20. The minimum absolute atomic E-state index is 0.246. The van der Waals surface area contributed by atoms with Gasteiger partial charge in [0.05, 0.1) is 10.2 Å². The lowest BCUT2D eigenvalue weighted by Gasteiger charge is -2.07. The van der Waals surface area contributed by atoms with Crippen molar-refractivity contribution in [2.75, 3.05) is 5.32 Å². The molecule has 0 saturated carbocycles. The number of rotatable bonds is 5. The summed E-state index contributed by atoms with van der Waals surface area (Å²) in [4.78, 5) is 25.2. The van der Waals surface area contributed by atoms with Gasteiger partial charge in [-0.3, -0.25) is 4.79 Å². The predicted octanol–water partition coefficient (Wildman–Crippen LogP) is 4.32. The van der Waals surface area contributed by atoms with Crippen LogP contribution in [-0.4, -0.2) is 30.6 Å². The number of ether oxygens (including phenoxy) is 1. The second-order valence-electron chi connectivity index (χ2n) is 6.23. The number of fused-ring (bicyclic) bond motifs is 1. The van der Waals surface area contributed by atoms with E-state index in [1.54, 1.807) is 47.4 Å². The molecule has 0 saturated heterocycles. The third-order valence-electron chi connectivity index (χ3n) is 4.19. The van der Waals surface area contributed by atoms with Crippen LogP contribution in [0.5, 0.6) is 11.6 Å². The summed E-state index contributed by atoms with van der Waals surface area (Å²) in [5, 5.41) is 7.41. The number of carbonyl (C=O) groups excluding carboxylic acids is 1. The van der Waals surface area contributed by atoms with E-state index in [4.69, 9.17) is 4.74 Å². The topological polar surface area (TPSA) is 94.8 Å². The monoisotopic (exact) mass is 414 g/mol. The molecule has 0 aliphatic carbocycles. The number of hydrogen-bond donors (Lipinski definition) is 1. The first-order valence-corrected chi connectivity index (χ1v) is 9.83. The molecule has 3 aromatic heterocycles. The Morgan fingerprint density at radius 2 is 1.90 bits per heavy atom. The van der Waals surface area contributed by atoms with Crippen LogP contribution in [-0.2, 0) is 0 Å². The molecule has 146 valence electrons. The fourth-order valence-corrected chi connectivity index (χ4v) is 3.66. The summed E-state index contributed by atoms with van der Waals surface area (Å²) in [6.07, 6.45) is 4.87. The molecule has 0 aliphatic heterocycles. The molecule has 0 atom stereocenters. The van der Waals surface area contributed by atoms with Crippen molar-refractivity contribution in [1.82, 2.24) is 24.7 Å². The Hall–Kier alpha value is -4.11. The van der Waals surface area contributed by atoms with Crippen molar-refractivity contribution >= 4 is 33.1 Å². The van der Waals surface area contributed by atoms with Gasteiger partial charge in [-0.1, -0.05) is 12.1 Å². The van der Waals surface area contributed by atoms with Gasteiger partial charge < -0.3 is 10.1 Å². The van der Waals surface area contributed by atoms with E-state index < -0.39 is 0 Å². The van der Waals surface area contributed by atoms with Gasteiger partial charge in [0.1, 0.15) is 12.1 Å². The molecular weight excluding hydrogens is 400 g/mol. The largest absolute Gasteiger partial charge is 0.439 e. The van der Waals surface area contributed by atoms with E-state index in [1.165, 1.54) is 17.7 Å². The van der Waals surface area contributed by atoms with Crippen molar-refractivity contribution in [2.24, 2.45) is 0 Å². The fraction of sp³-hybridized carbons (Fsp3) is 0. The van der Waals surface area contributed by atoms with Crippen LogP contribution in [0.25, 0.3) is 16.0 Å². The highest BCUT2D eigenvalue weighted by Gasteiger charge is 2.12. The summed E-state index contributed by atoms with van der Waals surface area (Å²) in [5.74, 6) is 1.33. The SMILES string of the molecule is O=C(Nc1ccc(Oc2cc(-n3cccn3)ncn2)cc1)c1nc2ccccc2s1. The van der Waals surface area contributed by atoms with Crippen LogP contribution in [0.3, 0.4) is 0 Å². The van der Waals surface area contributed by atoms with E-state index in [0.717, 1.165) is 10.2 Å². The Bertz CT molecular complexity index is 1280. The van der Waals surface area contributed by atoms with Gasteiger partial charge in [0.2, 0.25) is 5.88 Å². The zero-order valence-electron chi connectivity index (χ0n) is 15.5. The smallest absolute Gasteiger partial charge is 0.284 e. The van der Waals surface area contributed by atoms with Gasteiger partial charge >= 0.3 is 0 Å². The molecule has 0 aliphatic rings. The van der Waals surface area contributed by atoms with E-state index in [-0.39, 0.29) is 5.91 Å². The maximum Gasteiger partial charge on any atom is 0.284 e. The van der Waals surface area contributed by atoms with Crippen molar-refractivity contribution in [2.45, 2.75) is 0 Å². The van der Waals surface area contributed by atoms with Gasteiger partial charge in [-0.05, 0) is 42.5 Å². The fourth-order valence-electron chi connectivity index (χ4n) is 2.80. The summed E-state index contributed by atoms with van der Waals surface area (Å²) >= 11 is 1.36. The summed E-state index contributed by atoms with van der Waals surface area (Å²) in [5.41, 5.74) is 1.46. The van der Waals surface area contributed by atoms with Crippen molar-refractivity contribution < 1.29 is 9.53 Å². The standard InChI is InChI=1S/C21H14N6O2S/c28-20(21-26-16-4-1-2-5-17(16)30-21)25-14-6-8-15(9-7-14)29-19-12-18(22-13-23-19)27-11-3-10-24-27/h1-13H,(H,25,28). The molecule has 0 radical (unpaired) electrons. The Labute approximate surface area is 174 Å². The van der Waals surface area contributed by atoms with Crippen molar-refractivity contribution in [3.8, 4) is 17.4 Å². The Morgan fingerprint density at radius 3 is 2.70 bits per heavy atom. The molecule has 9 heteroatoms. The number of anilines is 1. The van der Waals surface area contributed by atoms with Gasteiger partial charge in [0, 0.05) is 24.1 Å². The van der Waals surface area contributed by atoms with E-state index in [9.17, 15) is 4.79 Å². The Balaban J connectivity index is 1.27. The number of hydrogen-bond acceptors (Lipinski definition) is 7. The summed E-state index contributed by atoms with van der Waals surface area (Å²) in [6.45, 7) is 0. The van der Waals surface area contributed by atoms with Gasteiger partial charge in [0.25, 0.3) is 5.91 Å². The summed E-state index contributed by atoms with van der Waals surface area (Å²) < 4.78 is 8.38. The van der Waals surface area contributed by atoms with E-state index in [0.29, 0.717) is 28.1 Å². The number of carbonyl (C=O) groups is 1. The Kier molecular flexibility index (Phi) is 4.62. The number of nitrogens with one attached hydrogen (secondary N) is 1. The first-order chi connectivity index (χ1) is 14.7. The number of thiazole rings is 1. The third kappa shape index (κ3) is 3.74. The summed E-state index contributed by atoms with van der Waals surface area (Å²) in [6, 6.07) is 18.2. The van der Waals surface area contributed by atoms with Crippen molar-refractivity contribution in [1.29, 1.82) is 0 Å². The van der Waals surface area contributed by atoms with Gasteiger partial charge in [0.15, 0.2) is 10.8 Å². The second-order valence-corrected chi connectivity index (χ2v) is 7.26.